The van der Waals surface area contributed by atoms with Crippen LogP contribution in [0.3, 0.4) is 0 Å². The van der Waals surface area contributed by atoms with Gasteiger partial charge in [-0.3, -0.25) is 4.79 Å². The molecule has 100 valence electrons. The summed E-state index contributed by atoms with van der Waals surface area (Å²) in [4.78, 5) is 11.6. The standard InChI is InChI=1S/C13H13ClN2O3/c1-9-5-13(16-19-9)18-8-12(17)15-7-10-3-2-4-11(14)6-10/h2-6H,7-8H2,1H3,(H,15,17). The highest BCUT2D eigenvalue weighted by Gasteiger charge is 2.06. The Bertz CT molecular complexity index is 569. The van der Waals surface area contributed by atoms with E-state index < -0.39 is 0 Å². The van der Waals surface area contributed by atoms with Gasteiger partial charge < -0.3 is 14.6 Å². The largest absolute Gasteiger partial charge is 0.465 e. The van der Waals surface area contributed by atoms with Gasteiger partial charge in [0.2, 0.25) is 0 Å². The minimum atomic E-state index is -0.236. The summed E-state index contributed by atoms with van der Waals surface area (Å²) in [7, 11) is 0. The lowest BCUT2D eigenvalue weighted by atomic mass is 10.2. The minimum Gasteiger partial charge on any atom is -0.465 e. The van der Waals surface area contributed by atoms with Gasteiger partial charge in [0, 0.05) is 17.6 Å². The van der Waals surface area contributed by atoms with Crippen LogP contribution in [-0.2, 0) is 11.3 Å². The molecule has 0 aliphatic heterocycles. The summed E-state index contributed by atoms with van der Waals surface area (Å²) in [6.45, 7) is 2.05. The smallest absolute Gasteiger partial charge is 0.258 e. The Hall–Kier alpha value is -2.01. The molecule has 0 atom stereocenters. The molecule has 5 nitrogen and oxygen atoms in total. The number of ether oxygens (including phenoxy) is 1. The van der Waals surface area contributed by atoms with E-state index in [0.717, 1.165) is 5.56 Å². The van der Waals surface area contributed by atoms with Gasteiger partial charge in [-0.25, -0.2) is 0 Å². The minimum absolute atomic E-state index is 0.105. The van der Waals surface area contributed by atoms with Gasteiger partial charge in [-0.05, 0) is 29.8 Å². The molecule has 0 fully saturated rings. The predicted octanol–water partition coefficient (Wildman–Crippen LogP) is 2.33. The van der Waals surface area contributed by atoms with Crippen molar-refractivity contribution in [3.8, 4) is 5.88 Å². The van der Waals surface area contributed by atoms with E-state index in [9.17, 15) is 4.79 Å². The molecule has 1 amide bonds. The molecule has 1 aromatic heterocycles. The lowest BCUT2D eigenvalue weighted by molar-refractivity contribution is -0.123. The summed E-state index contributed by atoms with van der Waals surface area (Å²) in [6, 6.07) is 8.91. The molecule has 6 heteroatoms. The Labute approximate surface area is 115 Å². The van der Waals surface area contributed by atoms with Crippen molar-refractivity contribution >= 4 is 17.5 Å². The maximum atomic E-state index is 11.6. The highest BCUT2D eigenvalue weighted by Crippen LogP contribution is 2.11. The summed E-state index contributed by atoms with van der Waals surface area (Å²) < 4.78 is 9.98. The molecular formula is C13H13ClN2O3. The van der Waals surface area contributed by atoms with E-state index in [4.69, 9.17) is 20.9 Å². The fraction of sp³-hybridized carbons (Fsp3) is 0.231. The summed E-state index contributed by atoms with van der Waals surface area (Å²) in [6.07, 6.45) is 0. The summed E-state index contributed by atoms with van der Waals surface area (Å²) >= 11 is 5.85. The average Bonchev–Trinajstić information content (AvgIpc) is 2.80. The molecule has 19 heavy (non-hydrogen) atoms. The average molecular weight is 281 g/mol. The third-order valence-electron chi connectivity index (χ3n) is 2.34. The van der Waals surface area contributed by atoms with Crippen LogP contribution in [0.15, 0.2) is 34.9 Å². The van der Waals surface area contributed by atoms with Crippen LogP contribution in [-0.4, -0.2) is 17.7 Å². The van der Waals surface area contributed by atoms with Gasteiger partial charge in [0.25, 0.3) is 11.8 Å². The lowest BCUT2D eigenvalue weighted by Crippen LogP contribution is -2.28. The molecule has 0 radical (unpaired) electrons. The molecule has 0 unspecified atom stereocenters. The number of halogens is 1. The topological polar surface area (TPSA) is 64.4 Å². The van der Waals surface area contributed by atoms with Crippen LogP contribution in [0, 0.1) is 6.92 Å². The zero-order valence-electron chi connectivity index (χ0n) is 10.4. The van der Waals surface area contributed by atoms with Crippen LogP contribution in [0.25, 0.3) is 0 Å². The Morgan fingerprint density at radius 3 is 3.00 bits per heavy atom. The first kappa shape index (κ1) is 13.4. The predicted molar refractivity (Wildman–Crippen MR) is 70.0 cm³/mol. The zero-order chi connectivity index (χ0) is 13.7. The molecule has 1 aromatic carbocycles. The first-order valence-corrected chi connectivity index (χ1v) is 6.08. The van der Waals surface area contributed by atoms with E-state index in [0.29, 0.717) is 23.2 Å². The van der Waals surface area contributed by atoms with E-state index >= 15 is 0 Å². The summed E-state index contributed by atoms with van der Waals surface area (Å²) in [5, 5.41) is 6.99. The van der Waals surface area contributed by atoms with Crippen LogP contribution in [0.1, 0.15) is 11.3 Å². The maximum absolute atomic E-state index is 11.6. The van der Waals surface area contributed by atoms with Gasteiger partial charge in [-0.1, -0.05) is 23.7 Å². The molecule has 0 aliphatic rings. The Kier molecular flexibility index (Phi) is 4.41. The monoisotopic (exact) mass is 280 g/mol. The molecule has 2 rings (SSSR count). The molecule has 2 aromatic rings. The molecule has 1 N–H and O–H groups in total. The lowest BCUT2D eigenvalue weighted by Gasteiger charge is -2.05. The second kappa shape index (κ2) is 6.24. The van der Waals surface area contributed by atoms with E-state index in [-0.39, 0.29) is 12.5 Å². The summed E-state index contributed by atoms with van der Waals surface area (Å²) in [5.41, 5.74) is 0.929. The van der Waals surface area contributed by atoms with Crippen molar-refractivity contribution in [3.63, 3.8) is 0 Å². The number of nitrogens with one attached hydrogen (secondary N) is 1. The van der Waals surface area contributed by atoms with Crippen molar-refractivity contribution < 1.29 is 14.1 Å². The van der Waals surface area contributed by atoms with Gasteiger partial charge in [-0.15, -0.1) is 0 Å². The molecule has 0 aliphatic carbocycles. The Balaban J connectivity index is 1.75. The third-order valence-corrected chi connectivity index (χ3v) is 2.57. The number of rotatable bonds is 5. The van der Waals surface area contributed by atoms with Crippen molar-refractivity contribution in [2.75, 3.05) is 6.61 Å². The van der Waals surface area contributed by atoms with Crippen LogP contribution < -0.4 is 10.1 Å². The summed E-state index contributed by atoms with van der Waals surface area (Å²) in [5.74, 6) is 0.699. The van der Waals surface area contributed by atoms with Crippen LogP contribution in [0.2, 0.25) is 5.02 Å². The number of carbonyl (C=O) groups excluding carboxylic acids is 1. The number of nitrogens with zero attached hydrogens (tertiary/aromatic N) is 1. The van der Waals surface area contributed by atoms with Gasteiger partial charge in [-0.2, -0.15) is 0 Å². The fourth-order valence-electron chi connectivity index (χ4n) is 1.45. The number of aryl methyl sites for hydroxylation is 1. The van der Waals surface area contributed by atoms with Crippen molar-refractivity contribution in [1.29, 1.82) is 0 Å². The molecule has 0 spiro atoms. The Morgan fingerprint density at radius 2 is 2.32 bits per heavy atom. The van der Waals surface area contributed by atoms with Crippen molar-refractivity contribution in [2.24, 2.45) is 0 Å². The number of carbonyl (C=O) groups is 1. The van der Waals surface area contributed by atoms with Crippen molar-refractivity contribution in [1.82, 2.24) is 10.5 Å². The van der Waals surface area contributed by atoms with Crippen molar-refractivity contribution in [2.45, 2.75) is 13.5 Å². The molecular weight excluding hydrogens is 268 g/mol. The highest BCUT2D eigenvalue weighted by atomic mass is 35.5. The van der Waals surface area contributed by atoms with Gasteiger partial charge in [0.1, 0.15) is 5.76 Å². The third kappa shape index (κ3) is 4.30. The van der Waals surface area contributed by atoms with Crippen LogP contribution in [0.4, 0.5) is 0 Å². The second-order valence-corrected chi connectivity index (χ2v) is 4.41. The molecule has 0 bridgehead atoms. The molecule has 1 heterocycles. The number of hydrogen-bond acceptors (Lipinski definition) is 4. The number of benzene rings is 1. The Morgan fingerprint density at radius 1 is 1.47 bits per heavy atom. The van der Waals surface area contributed by atoms with E-state index in [1.54, 1.807) is 25.1 Å². The van der Waals surface area contributed by atoms with Gasteiger partial charge in [0.15, 0.2) is 6.61 Å². The normalized spacial score (nSPS) is 10.2. The van der Waals surface area contributed by atoms with Crippen LogP contribution in [0.5, 0.6) is 5.88 Å². The molecule has 0 saturated heterocycles. The first-order chi connectivity index (χ1) is 9.13. The fourth-order valence-corrected chi connectivity index (χ4v) is 1.66. The highest BCUT2D eigenvalue weighted by molar-refractivity contribution is 6.30. The quantitative estimate of drug-likeness (QED) is 0.913. The maximum Gasteiger partial charge on any atom is 0.258 e. The van der Waals surface area contributed by atoms with E-state index in [1.165, 1.54) is 0 Å². The van der Waals surface area contributed by atoms with E-state index in [1.807, 2.05) is 12.1 Å². The number of amides is 1. The zero-order valence-corrected chi connectivity index (χ0v) is 11.1. The van der Waals surface area contributed by atoms with Crippen LogP contribution >= 0.6 is 11.6 Å². The van der Waals surface area contributed by atoms with Crippen molar-refractivity contribution in [3.05, 3.63) is 46.7 Å². The first-order valence-electron chi connectivity index (χ1n) is 5.71. The molecule has 0 saturated carbocycles. The van der Waals surface area contributed by atoms with Gasteiger partial charge >= 0.3 is 0 Å². The van der Waals surface area contributed by atoms with E-state index in [2.05, 4.69) is 10.5 Å². The second-order valence-electron chi connectivity index (χ2n) is 3.97. The number of aromatic nitrogens is 1. The van der Waals surface area contributed by atoms with Gasteiger partial charge in [0.05, 0.1) is 0 Å². The number of hydrogen-bond donors (Lipinski definition) is 1. The SMILES string of the molecule is Cc1cc(OCC(=O)NCc2cccc(Cl)c2)no1.